The Kier molecular flexibility index (Phi) is 3.62. The molecule has 0 aliphatic rings. The minimum atomic E-state index is -0.644. The van der Waals surface area contributed by atoms with Gasteiger partial charge in [-0.05, 0) is 22.0 Å². The molecule has 66 valence electrons. The van der Waals surface area contributed by atoms with E-state index in [4.69, 9.17) is 27.9 Å². The van der Waals surface area contributed by atoms with Gasteiger partial charge in [0, 0.05) is 10.5 Å². The van der Waals surface area contributed by atoms with Gasteiger partial charge in [-0.15, -0.1) is 0 Å². The summed E-state index contributed by atoms with van der Waals surface area (Å²) in [5, 5.41) is 0. The lowest BCUT2D eigenvalue weighted by atomic mass is 10.4. The van der Waals surface area contributed by atoms with Crippen molar-refractivity contribution in [1.29, 1.82) is 0 Å². The predicted octanol–water partition coefficient (Wildman–Crippen LogP) is 3.33. The molecule has 1 rings (SSSR count). The number of halogens is 3. The first-order valence-corrected chi connectivity index (χ1v) is 4.80. The van der Waals surface area contributed by atoms with Gasteiger partial charge in [-0.1, -0.05) is 23.2 Å². The van der Waals surface area contributed by atoms with Gasteiger partial charge in [-0.3, -0.25) is 0 Å². The third kappa shape index (κ3) is 2.25. The van der Waals surface area contributed by atoms with Crippen molar-refractivity contribution in [3.05, 3.63) is 22.3 Å². The van der Waals surface area contributed by atoms with Gasteiger partial charge in [-0.2, -0.15) is 0 Å². The Labute approximate surface area is 89.0 Å². The molecule has 0 fully saturated rings. The van der Waals surface area contributed by atoms with E-state index in [1.807, 2.05) is 0 Å². The maximum Gasteiger partial charge on any atom is 0.213 e. The van der Waals surface area contributed by atoms with E-state index < -0.39 is 4.84 Å². The van der Waals surface area contributed by atoms with E-state index in [0.29, 0.717) is 11.6 Å². The first-order valence-electron chi connectivity index (χ1n) is 3.13. The lowest BCUT2D eigenvalue weighted by Crippen LogP contribution is -1.93. The van der Waals surface area contributed by atoms with E-state index in [0.717, 1.165) is 4.47 Å². The maximum atomic E-state index is 5.65. The molecular weight excluding hydrogens is 265 g/mol. The summed E-state index contributed by atoms with van der Waals surface area (Å²) in [5.74, 6) is 0.500. The highest BCUT2D eigenvalue weighted by Gasteiger charge is 2.10. The fourth-order valence-electron chi connectivity index (χ4n) is 0.706. The number of pyridine rings is 1. The molecule has 0 atom stereocenters. The van der Waals surface area contributed by atoms with Crippen LogP contribution in [-0.4, -0.2) is 12.1 Å². The summed E-state index contributed by atoms with van der Waals surface area (Å²) < 4.78 is 5.69. The number of ether oxygens (including phenoxy) is 1. The van der Waals surface area contributed by atoms with Crippen LogP contribution >= 0.6 is 39.1 Å². The largest absolute Gasteiger partial charge is 0.481 e. The van der Waals surface area contributed by atoms with Gasteiger partial charge in [0.1, 0.15) is 0 Å². The highest BCUT2D eigenvalue weighted by Crippen LogP contribution is 2.30. The van der Waals surface area contributed by atoms with Crippen LogP contribution in [-0.2, 0) is 0 Å². The van der Waals surface area contributed by atoms with Crippen molar-refractivity contribution in [1.82, 2.24) is 4.98 Å². The topological polar surface area (TPSA) is 22.1 Å². The molecule has 0 spiro atoms. The van der Waals surface area contributed by atoms with E-state index in [1.165, 1.54) is 7.11 Å². The number of rotatable bonds is 2. The smallest absolute Gasteiger partial charge is 0.213 e. The molecule has 0 aromatic carbocycles. The van der Waals surface area contributed by atoms with Gasteiger partial charge in [0.2, 0.25) is 5.88 Å². The molecule has 1 heterocycles. The van der Waals surface area contributed by atoms with Gasteiger partial charge in [0.05, 0.1) is 12.8 Å². The molecule has 5 heteroatoms. The molecule has 12 heavy (non-hydrogen) atoms. The Morgan fingerprint density at radius 1 is 1.50 bits per heavy atom. The highest BCUT2D eigenvalue weighted by molar-refractivity contribution is 9.10. The van der Waals surface area contributed by atoms with Crippen molar-refractivity contribution in [3.63, 3.8) is 0 Å². The number of hydrogen-bond acceptors (Lipinski definition) is 2. The molecule has 0 saturated heterocycles. The van der Waals surface area contributed by atoms with Crippen LogP contribution < -0.4 is 4.74 Å². The van der Waals surface area contributed by atoms with E-state index in [-0.39, 0.29) is 0 Å². The SMILES string of the molecule is COc1ccc(Br)c(C(Cl)Cl)n1. The summed E-state index contributed by atoms with van der Waals surface area (Å²) in [6.45, 7) is 0. The van der Waals surface area contributed by atoms with Crippen LogP contribution in [0.4, 0.5) is 0 Å². The van der Waals surface area contributed by atoms with Crippen LogP contribution in [0.2, 0.25) is 0 Å². The second-order valence-electron chi connectivity index (χ2n) is 2.02. The standard InChI is InChI=1S/C7H6BrCl2NO/c1-12-5-3-2-4(8)6(11-5)7(9)10/h2-3,7H,1H3. The molecule has 0 bridgehead atoms. The molecule has 0 N–H and O–H groups in total. The van der Waals surface area contributed by atoms with Gasteiger partial charge in [-0.25, -0.2) is 4.98 Å². The lowest BCUT2D eigenvalue weighted by Gasteiger charge is -2.05. The van der Waals surface area contributed by atoms with Crippen molar-refractivity contribution in [3.8, 4) is 5.88 Å². The second kappa shape index (κ2) is 4.30. The van der Waals surface area contributed by atoms with Crippen molar-refractivity contribution in [2.75, 3.05) is 7.11 Å². The van der Waals surface area contributed by atoms with Crippen molar-refractivity contribution in [2.24, 2.45) is 0 Å². The van der Waals surface area contributed by atoms with E-state index in [1.54, 1.807) is 12.1 Å². The Hall–Kier alpha value is 0.01000. The zero-order valence-corrected chi connectivity index (χ0v) is 9.32. The Balaban J connectivity index is 3.08. The molecule has 0 amide bonds. The zero-order valence-electron chi connectivity index (χ0n) is 6.22. The summed E-state index contributed by atoms with van der Waals surface area (Å²) in [5.41, 5.74) is 0.567. The predicted molar refractivity (Wildman–Crippen MR) is 52.9 cm³/mol. The van der Waals surface area contributed by atoms with Crippen LogP contribution in [0, 0.1) is 0 Å². The number of hydrogen-bond donors (Lipinski definition) is 0. The molecule has 1 aromatic heterocycles. The Morgan fingerprint density at radius 3 is 2.67 bits per heavy atom. The van der Waals surface area contributed by atoms with Crippen LogP contribution in [0.5, 0.6) is 5.88 Å². The summed E-state index contributed by atoms with van der Waals surface area (Å²) in [6.07, 6.45) is 0. The van der Waals surface area contributed by atoms with Crippen LogP contribution in [0.15, 0.2) is 16.6 Å². The van der Waals surface area contributed by atoms with Gasteiger partial charge in [0.25, 0.3) is 0 Å². The molecule has 0 unspecified atom stereocenters. The fraction of sp³-hybridized carbons (Fsp3) is 0.286. The molecular formula is C7H6BrCl2NO. The first kappa shape index (κ1) is 10.1. The lowest BCUT2D eigenvalue weighted by molar-refractivity contribution is 0.396. The second-order valence-corrected chi connectivity index (χ2v) is 3.97. The molecule has 1 aromatic rings. The summed E-state index contributed by atoms with van der Waals surface area (Å²) in [6, 6.07) is 3.52. The average molecular weight is 271 g/mol. The summed E-state index contributed by atoms with van der Waals surface area (Å²) in [7, 11) is 1.54. The highest BCUT2D eigenvalue weighted by atomic mass is 79.9. The van der Waals surface area contributed by atoms with Crippen LogP contribution in [0.3, 0.4) is 0 Å². The fourth-order valence-corrected chi connectivity index (χ4v) is 1.75. The third-order valence-corrected chi connectivity index (χ3v) is 2.35. The quantitative estimate of drug-likeness (QED) is 0.769. The van der Waals surface area contributed by atoms with E-state index in [9.17, 15) is 0 Å². The number of methoxy groups -OCH3 is 1. The van der Waals surface area contributed by atoms with Crippen molar-refractivity contribution in [2.45, 2.75) is 4.84 Å². The number of nitrogens with zero attached hydrogens (tertiary/aromatic N) is 1. The zero-order chi connectivity index (χ0) is 9.14. The van der Waals surface area contributed by atoms with E-state index in [2.05, 4.69) is 20.9 Å². The molecule has 0 saturated carbocycles. The van der Waals surface area contributed by atoms with Crippen LogP contribution in [0.25, 0.3) is 0 Å². The monoisotopic (exact) mass is 269 g/mol. The molecule has 2 nitrogen and oxygen atoms in total. The van der Waals surface area contributed by atoms with E-state index >= 15 is 0 Å². The minimum absolute atomic E-state index is 0.500. The Bertz CT molecular complexity index is 280. The third-order valence-electron chi connectivity index (χ3n) is 1.26. The Morgan fingerprint density at radius 2 is 2.17 bits per heavy atom. The first-order chi connectivity index (χ1) is 5.65. The van der Waals surface area contributed by atoms with Crippen molar-refractivity contribution >= 4 is 39.1 Å². The van der Waals surface area contributed by atoms with Gasteiger partial charge >= 0.3 is 0 Å². The summed E-state index contributed by atoms with van der Waals surface area (Å²) >= 11 is 14.6. The number of aromatic nitrogens is 1. The maximum absolute atomic E-state index is 5.65. The van der Waals surface area contributed by atoms with Gasteiger partial charge < -0.3 is 4.74 Å². The molecule has 0 aliphatic heterocycles. The average Bonchev–Trinajstić information content (AvgIpc) is 2.05. The van der Waals surface area contributed by atoms with Gasteiger partial charge in [0.15, 0.2) is 4.84 Å². The molecule has 0 radical (unpaired) electrons. The normalized spacial score (nSPS) is 10.4. The molecule has 0 aliphatic carbocycles. The van der Waals surface area contributed by atoms with Crippen molar-refractivity contribution < 1.29 is 4.74 Å². The van der Waals surface area contributed by atoms with Crippen LogP contribution in [0.1, 0.15) is 10.5 Å². The number of alkyl halides is 2. The minimum Gasteiger partial charge on any atom is -0.481 e. The summed E-state index contributed by atoms with van der Waals surface area (Å²) in [4.78, 5) is 3.41.